The minimum Gasteiger partial charge on any atom is -0.291 e. The second-order valence-corrected chi connectivity index (χ2v) is 6.57. The van der Waals surface area contributed by atoms with Crippen molar-refractivity contribution < 1.29 is 4.79 Å². The minimum absolute atomic E-state index is 0.329. The molecule has 0 atom stereocenters. The van der Waals surface area contributed by atoms with Crippen LogP contribution in [0.15, 0.2) is 60.8 Å². The van der Waals surface area contributed by atoms with Gasteiger partial charge in [-0.2, -0.15) is 5.10 Å². The fourth-order valence-corrected chi connectivity index (χ4v) is 3.15. The molecule has 0 bridgehead atoms. The van der Waals surface area contributed by atoms with Crippen LogP contribution in [-0.2, 0) is 11.3 Å². The third-order valence-electron chi connectivity index (χ3n) is 4.23. The number of benzene rings is 1. The summed E-state index contributed by atoms with van der Waals surface area (Å²) in [7, 11) is 0. The molecule has 1 N–H and O–H groups in total. The number of hydrogen-bond acceptors (Lipinski definition) is 4. The number of aryl methyl sites for hydroxylation is 1. The van der Waals surface area contributed by atoms with Gasteiger partial charge in [-0.3, -0.25) is 14.5 Å². The molecule has 0 unspecified atom stereocenters. The van der Waals surface area contributed by atoms with Gasteiger partial charge in [0.05, 0.1) is 12.2 Å². The molecule has 3 heterocycles. The normalized spacial score (nSPS) is 11.4. The number of rotatable bonds is 5. The van der Waals surface area contributed by atoms with Gasteiger partial charge in [0, 0.05) is 17.8 Å². The zero-order chi connectivity index (χ0) is 19.5. The highest BCUT2D eigenvalue weighted by molar-refractivity contribution is 6.31. The number of anilines is 1. The van der Waals surface area contributed by atoms with Gasteiger partial charge in [0.2, 0.25) is 5.95 Å². The molecule has 4 aromatic rings. The van der Waals surface area contributed by atoms with Crippen molar-refractivity contribution in [1.82, 2.24) is 24.4 Å². The van der Waals surface area contributed by atoms with E-state index in [4.69, 9.17) is 11.6 Å². The summed E-state index contributed by atoms with van der Waals surface area (Å²) in [6, 6.07) is 15.4. The molecule has 3 aromatic heterocycles. The van der Waals surface area contributed by atoms with Crippen molar-refractivity contribution in [3.8, 4) is 0 Å². The first kappa shape index (κ1) is 17.9. The van der Waals surface area contributed by atoms with Gasteiger partial charge in [-0.05, 0) is 30.7 Å². The molecule has 140 valence electrons. The number of fused-ring (bicyclic) bond motifs is 1. The maximum atomic E-state index is 12.3. The third-order valence-corrected chi connectivity index (χ3v) is 4.63. The topological polar surface area (TPSA) is 77.1 Å². The summed E-state index contributed by atoms with van der Waals surface area (Å²) in [6.45, 7) is 2.42. The van der Waals surface area contributed by atoms with Gasteiger partial charge in [0.15, 0.2) is 5.65 Å². The van der Waals surface area contributed by atoms with E-state index in [2.05, 4.69) is 20.6 Å². The SMILES string of the molecule is Cc1nn(Cc2ccccc2)c(Cl)c1/C=C/C(=O)Nc1nnc2ccccn12. The average molecular weight is 393 g/mol. The summed E-state index contributed by atoms with van der Waals surface area (Å²) >= 11 is 6.47. The lowest BCUT2D eigenvalue weighted by molar-refractivity contribution is -0.111. The van der Waals surface area contributed by atoms with E-state index >= 15 is 0 Å². The molecular formula is C20H17ClN6O. The van der Waals surface area contributed by atoms with E-state index in [1.54, 1.807) is 21.4 Å². The maximum Gasteiger partial charge on any atom is 0.250 e. The number of hydrogen-bond donors (Lipinski definition) is 1. The lowest BCUT2D eigenvalue weighted by Crippen LogP contribution is -2.10. The van der Waals surface area contributed by atoms with E-state index in [1.807, 2.05) is 55.5 Å². The minimum atomic E-state index is -0.329. The van der Waals surface area contributed by atoms with Gasteiger partial charge in [-0.1, -0.05) is 48.0 Å². The number of nitrogens with one attached hydrogen (secondary N) is 1. The van der Waals surface area contributed by atoms with Crippen LogP contribution in [-0.4, -0.2) is 30.3 Å². The molecule has 0 spiro atoms. The van der Waals surface area contributed by atoms with Gasteiger partial charge in [-0.15, -0.1) is 10.2 Å². The van der Waals surface area contributed by atoms with E-state index in [-0.39, 0.29) is 5.91 Å². The molecule has 0 aliphatic carbocycles. The highest BCUT2D eigenvalue weighted by Gasteiger charge is 2.12. The summed E-state index contributed by atoms with van der Waals surface area (Å²) in [6.07, 6.45) is 4.85. The van der Waals surface area contributed by atoms with Crippen molar-refractivity contribution in [2.75, 3.05) is 5.32 Å². The monoisotopic (exact) mass is 392 g/mol. The molecule has 0 saturated heterocycles. The number of halogens is 1. The molecule has 0 radical (unpaired) electrons. The van der Waals surface area contributed by atoms with Crippen LogP contribution in [0.4, 0.5) is 5.95 Å². The second kappa shape index (κ2) is 7.66. The summed E-state index contributed by atoms with van der Waals surface area (Å²) in [5.74, 6) is 0.0253. The van der Waals surface area contributed by atoms with Gasteiger partial charge in [-0.25, -0.2) is 4.68 Å². The Hall–Kier alpha value is -3.45. The summed E-state index contributed by atoms with van der Waals surface area (Å²) in [5.41, 5.74) is 3.21. The van der Waals surface area contributed by atoms with Crippen molar-refractivity contribution in [2.45, 2.75) is 13.5 Å². The predicted octanol–water partition coefficient (Wildman–Crippen LogP) is 3.59. The third kappa shape index (κ3) is 3.65. The highest BCUT2D eigenvalue weighted by Crippen LogP contribution is 2.22. The molecule has 0 saturated carbocycles. The van der Waals surface area contributed by atoms with Crippen LogP contribution < -0.4 is 5.32 Å². The molecule has 4 rings (SSSR count). The van der Waals surface area contributed by atoms with Crippen molar-refractivity contribution in [3.05, 3.63) is 82.8 Å². The summed E-state index contributed by atoms with van der Waals surface area (Å²) < 4.78 is 3.41. The Bertz CT molecular complexity index is 1160. The van der Waals surface area contributed by atoms with Crippen LogP contribution in [0.3, 0.4) is 0 Å². The highest BCUT2D eigenvalue weighted by atomic mass is 35.5. The summed E-state index contributed by atoms with van der Waals surface area (Å²) in [4.78, 5) is 12.3. The Morgan fingerprint density at radius 2 is 1.93 bits per heavy atom. The van der Waals surface area contributed by atoms with Crippen LogP contribution in [0, 0.1) is 6.92 Å². The van der Waals surface area contributed by atoms with E-state index in [0.717, 1.165) is 11.3 Å². The lowest BCUT2D eigenvalue weighted by Gasteiger charge is -2.03. The Kier molecular flexibility index (Phi) is 4.90. The number of pyridine rings is 1. The maximum absolute atomic E-state index is 12.3. The number of aromatic nitrogens is 5. The Balaban J connectivity index is 1.50. The smallest absolute Gasteiger partial charge is 0.250 e. The second-order valence-electron chi connectivity index (χ2n) is 6.21. The molecule has 0 aliphatic heterocycles. The molecule has 1 aromatic carbocycles. The quantitative estimate of drug-likeness (QED) is 0.526. The zero-order valence-corrected chi connectivity index (χ0v) is 15.8. The van der Waals surface area contributed by atoms with Gasteiger partial charge >= 0.3 is 0 Å². The van der Waals surface area contributed by atoms with Crippen LogP contribution in [0.2, 0.25) is 5.15 Å². The first-order chi connectivity index (χ1) is 13.6. The fraction of sp³-hybridized carbons (Fsp3) is 0.100. The largest absolute Gasteiger partial charge is 0.291 e. The van der Waals surface area contributed by atoms with Crippen molar-refractivity contribution in [2.24, 2.45) is 0 Å². The zero-order valence-electron chi connectivity index (χ0n) is 15.1. The number of carbonyl (C=O) groups excluding carboxylic acids is 1. The van der Waals surface area contributed by atoms with E-state index < -0.39 is 0 Å². The molecule has 0 aliphatic rings. The lowest BCUT2D eigenvalue weighted by atomic mass is 10.2. The number of carbonyl (C=O) groups is 1. The van der Waals surface area contributed by atoms with E-state index in [1.165, 1.54) is 6.08 Å². The van der Waals surface area contributed by atoms with Crippen LogP contribution in [0.25, 0.3) is 11.7 Å². The summed E-state index contributed by atoms with van der Waals surface area (Å²) in [5, 5.41) is 15.7. The molecular weight excluding hydrogens is 376 g/mol. The Labute approximate surface area is 166 Å². The van der Waals surface area contributed by atoms with E-state index in [0.29, 0.717) is 28.9 Å². The van der Waals surface area contributed by atoms with Crippen LogP contribution >= 0.6 is 11.6 Å². The Morgan fingerprint density at radius 3 is 2.75 bits per heavy atom. The first-order valence-corrected chi connectivity index (χ1v) is 9.05. The molecule has 7 nitrogen and oxygen atoms in total. The van der Waals surface area contributed by atoms with Crippen molar-refractivity contribution in [3.63, 3.8) is 0 Å². The molecule has 8 heteroatoms. The van der Waals surface area contributed by atoms with Gasteiger partial charge in [0.1, 0.15) is 5.15 Å². The van der Waals surface area contributed by atoms with Crippen molar-refractivity contribution in [1.29, 1.82) is 0 Å². The molecule has 28 heavy (non-hydrogen) atoms. The van der Waals surface area contributed by atoms with Crippen LogP contribution in [0.1, 0.15) is 16.8 Å². The van der Waals surface area contributed by atoms with E-state index in [9.17, 15) is 4.79 Å². The predicted molar refractivity (Wildman–Crippen MR) is 108 cm³/mol. The van der Waals surface area contributed by atoms with Crippen molar-refractivity contribution >= 4 is 35.2 Å². The standard InChI is InChI=1S/C20H17ClN6O/c1-14-16(19(21)27(25-14)13-15-7-3-2-4-8-15)10-11-18(28)22-20-24-23-17-9-5-6-12-26(17)20/h2-12H,13H2,1H3,(H,22,24,28)/b11-10+. The number of nitrogens with zero attached hydrogens (tertiary/aromatic N) is 5. The molecule has 1 amide bonds. The van der Waals surface area contributed by atoms with Gasteiger partial charge < -0.3 is 0 Å². The average Bonchev–Trinajstić information content (AvgIpc) is 3.22. The molecule has 0 fully saturated rings. The first-order valence-electron chi connectivity index (χ1n) is 8.67. The fourth-order valence-electron chi connectivity index (χ4n) is 2.86. The number of amides is 1. The van der Waals surface area contributed by atoms with Gasteiger partial charge in [0.25, 0.3) is 5.91 Å². The van der Waals surface area contributed by atoms with Crippen LogP contribution in [0.5, 0.6) is 0 Å². The Morgan fingerprint density at radius 1 is 1.14 bits per heavy atom.